The Labute approximate surface area is 113 Å². The second-order valence-corrected chi connectivity index (χ2v) is 5.24. The Morgan fingerprint density at radius 1 is 1.00 bits per heavy atom. The molecule has 1 atom stereocenters. The van der Waals surface area contributed by atoms with Gasteiger partial charge in [-0.05, 0) is 34.2 Å². The van der Waals surface area contributed by atoms with Gasteiger partial charge in [-0.25, -0.2) is 5.32 Å². The fraction of sp³-hybridized carbons (Fsp3) is 0.294. The zero-order chi connectivity index (χ0) is 12.7. The molecule has 2 heteroatoms. The fourth-order valence-electron chi connectivity index (χ4n) is 3.09. The third-order valence-electron chi connectivity index (χ3n) is 4.05. The lowest BCUT2D eigenvalue weighted by atomic mass is 10.0. The van der Waals surface area contributed by atoms with E-state index in [1.54, 1.807) is 0 Å². The van der Waals surface area contributed by atoms with Crippen molar-refractivity contribution in [2.75, 3.05) is 19.7 Å². The van der Waals surface area contributed by atoms with E-state index in [-0.39, 0.29) is 6.10 Å². The Bertz CT molecular complexity index is 614. The molecule has 1 fully saturated rings. The van der Waals surface area contributed by atoms with Crippen LogP contribution in [0, 0.1) is 0 Å². The number of nitrogens with zero attached hydrogens (tertiary/aromatic N) is 1. The summed E-state index contributed by atoms with van der Waals surface area (Å²) < 4.78 is 5.81. The maximum atomic E-state index is 5.81. The number of rotatable bonds is 1. The first-order valence-corrected chi connectivity index (χ1v) is 6.88. The third-order valence-corrected chi connectivity index (χ3v) is 4.05. The molecule has 0 aromatic heterocycles. The SMILES string of the molecule is c1ccc2c(c1)Cc1cc(C3C[N]CCO3)ccc1-2. The van der Waals surface area contributed by atoms with Crippen LogP contribution in [0.25, 0.3) is 11.1 Å². The van der Waals surface area contributed by atoms with Crippen LogP contribution in [-0.4, -0.2) is 19.7 Å². The normalized spacial score (nSPS) is 20.9. The monoisotopic (exact) mass is 250 g/mol. The molecule has 0 saturated carbocycles. The lowest BCUT2D eigenvalue weighted by Crippen LogP contribution is -2.28. The van der Waals surface area contributed by atoms with Gasteiger partial charge in [0.1, 0.15) is 0 Å². The van der Waals surface area contributed by atoms with Gasteiger partial charge >= 0.3 is 0 Å². The molecule has 1 aliphatic carbocycles. The molecular formula is C17H16NO. The molecule has 2 aromatic carbocycles. The smallest absolute Gasteiger partial charge is 0.0966 e. The van der Waals surface area contributed by atoms with E-state index in [1.165, 1.54) is 27.8 Å². The van der Waals surface area contributed by atoms with Crippen molar-refractivity contribution in [3.8, 4) is 11.1 Å². The summed E-state index contributed by atoms with van der Waals surface area (Å²) in [6.07, 6.45) is 1.20. The molecule has 2 nitrogen and oxygen atoms in total. The van der Waals surface area contributed by atoms with Gasteiger partial charge in [-0.3, -0.25) is 0 Å². The van der Waals surface area contributed by atoms with Crippen molar-refractivity contribution in [1.82, 2.24) is 5.32 Å². The lowest BCUT2D eigenvalue weighted by Gasteiger charge is -2.23. The number of ether oxygens (including phenoxy) is 1. The molecule has 1 radical (unpaired) electrons. The van der Waals surface area contributed by atoms with Crippen LogP contribution in [0.5, 0.6) is 0 Å². The minimum Gasteiger partial charge on any atom is -0.371 e. The lowest BCUT2D eigenvalue weighted by molar-refractivity contribution is 0.0260. The van der Waals surface area contributed by atoms with Gasteiger partial charge in [0.2, 0.25) is 0 Å². The van der Waals surface area contributed by atoms with Gasteiger partial charge in [0.25, 0.3) is 0 Å². The molecule has 1 heterocycles. The first-order chi connectivity index (χ1) is 9.42. The second-order valence-electron chi connectivity index (χ2n) is 5.24. The summed E-state index contributed by atoms with van der Waals surface area (Å²) in [6.45, 7) is 2.39. The number of hydrogen-bond donors (Lipinski definition) is 0. The zero-order valence-corrected chi connectivity index (χ0v) is 10.8. The summed E-state index contributed by atoms with van der Waals surface area (Å²) in [5.74, 6) is 0. The number of hydrogen-bond acceptors (Lipinski definition) is 1. The zero-order valence-electron chi connectivity index (χ0n) is 10.8. The van der Waals surface area contributed by atoms with E-state index >= 15 is 0 Å². The quantitative estimate of drug-likeness (QED) is 0.651. The van der Waals surface area contributed by atoms with Gasteiger partial charge in [0, 0.05) is 13.1 Å². The van der Waals surface area contributed by atoms with Gasteiger partial charge < -0.3 is 4.74 Å². The Kier molecular flexibility index (Phi) is 2.64. The maximum absolute atomic E-state index is 5.81. The summed E-state index contributed by atoms with van der Waals surface area (Å²) in [6, 6.07) is 15.4. The molecule has 95 valence electrons. The van der Waals surface area contributed by atoms with Crippen LogP contribution in [0.4, 0.5) is 0 Å². The summed E-state index contributed by atoms with van der Waals surface area (Å²) in [4.78, 5) is 0. The topological polar surface area (TPSA) is 23.3 Å². The van der Waals surface area contributed by atoms with Crippen molar-refractivity contribution in [2.45, 2.75) is 12.5 Å². The van der Waals surface area contributed by atoms with E-state index in [0.717, 1.165) is 26.1 Å². The summed E-state index contributed by atoms with van der Waals surface area (Å²) in [7, 11) is 0. The van der Waals surface area contributed by atoms with Crippen LogP contribution in [0.3, 0.4) is 0 Å². The molecule has 1 unspecified atom stereocenters. The van der Waals surface area contributed by atoms with Gasteiger partial charge in [0.05, 0.1) is 12.7 Å². The molecule has 0 N–H and O–H groups in total. The molecule has 0 bridgehead atoms. The van der Waals surface area contributed by atoms with E-state index < -0.39 is 0 Å². The second kappa shape index (κ2) is 4.48. The largest absolute Gasteiger partial charge is 0.371 e. The molecule has 2 aromatic rings. The Balaban J connectivity index is 1.71. The molecule has 2 aliphatic rings. The molecule has 1 aliphatic heterocycles. The van der Waals surface area contributed by atoms with Crippen LogP contribution < -0.4 is 5.32 Å². The molecule has 0 spiro atoms. The Hall–Kier alpha value is -1.64. The van der Waals surface area contributed by atoms with Gasteiger partial charge in [-0.1, -0.05) is 42.5 Å². The highest BCUT2D eigenvalue weighted by Crippen LogP contribution is 2.37. The van der Waals surface area contributed by atoms with E-state index in [1.807, 2.05) is 0 Å². The highest BCUT2D eigenvalue weighted by atomic mass is 16.5. The minimum absolute atomic E-state index is 0.155. The van der Waals surface area contributed by atoms with Crippen LogP contribution in [0.1, 0.15) is 22.8 Å². The highest BCUT2D eigenvalue weighted by Gasteiger charge is 2.21. The van der Waals surface area contributed by atoms with Crippen molar-refractivity contribution < 1.29 is 4.74 Å². The van der Waals surface area contributed by atoms with Crippen molar-refractivity contribution in [1.29, 1.82) is 0 Å². The predicted molar refractivity (Wildman–Crippen MR) is 75.2 cm³/mol. The molecule has 0 amide bonds. The molecule has 19 heavy (non-hydrogen) atoms. The van der Waals surface area contributed by atoms with Crippen LogP contribution >= 0.6 is 0 Å². The fourth-order valence-corrected chi connectivity index (χ4v) is 3.09. The molecule has 1 saturated heterocycles. The standard InChI is InChI=1S/C17H16NO/c1-2-4-15-12(3-1)9-14-10-13(5-6-16(14)15)17-11-18-7-8-19-17/h1-6,10,17H,7-9,11H2. The maximum Gasteiger partial charge on any atom is 0.0966 e. The van der Waals surface area contributed by atoms with Crippen molar-refractivity contribution >= 4 is 0 Å². The number of fused-ring (bicyclic) bond motifs is 3. The average Bonchev–Trinajstić information content (AvgIpc) is 2.86. The van der Waals surface area contributed by atoms with Crippen LogP contribution in [0.2, 0.25) is 0 Å². The Morgan fingerprint density at radius 2 is 1.89 bits per heavy atom. The summed E-state index contributed by atoms with van der Waals surface area (Å²) in [5, 5.41) is 4.44. The summed E-state index contributed by atoms with van der Waals surface area (Å²) >= 11 is 0. The van der Waals surface area contributed by atoms with Gasteiger partial charge in [-0.15, -0.1) is 0 Å². The third kappa shape index (κ3) is 1.88. The Morgan fingerprint density at radius 3 is 2.79 bits per heavy atom. The molecular weight excluding hydrogens is 234 g/mol. The van der Waals surface area contributed by atoms with Crippen molar-refractivity contribution in [2.24, 2.45) is 0 Å². The van der Waals surface area contributed by atoms with E-state index in [9.17, 15) is 0 Å². The van der Waals surface area contributed by atoms with E-state index in [2.05, 4.69) is 47.8 Å². The average molecular weight is 250 g/mol. The predicted octanol–water partition coefficient (Wildman–Crippen LogP) is 2.93. The van der Waals surface area contributed by atoms with Gasteiger partial charge in [-0.2, -0.15) is 0 Å². The number of morpholine rings is 1. The summed E-state index contributed by atoms with van der Waals surface area (Å²) in [5.41, 5.74) is 6.90. The van der Waals surface area contributed by atoms with Crippen LogP contribution in [-0.2, 0) is 11.2 Å². The van der Waals surface area contributed by atoms with E-state index in [0.29, 0.717) is 0 Å². The van der Waals surface area contributed by atoms with Gasteiger partial charge in [0.15, 0.2) is 0 Å². The number of benzene rings is 2. The van der Waals surface area contributed by atoms with Crippen molar-refractivity contribution in [3.05, 3.63) is 59.2 Å². The molecule has 4 rings (SSSR count). The van der Waals surface area contributed by atoms with Crippen molar-refractivity contribution in [3.63, 3.8) is 0 Å². The van der Waals surface area contributed by atoms with E-state index in [4.69, 9.17) is 4.74 Å². The minimum atomic E-state index is 0.155. The highest BCUT2D eigenvalue weighted by molar-refractivity contribution is 5.76. The van der Waals surface area contributed by atoms with Crippen LogP contribution in [0.15, 0.2) is 42.5 Å². The first kappa shape index (κ1) is 11.2. The first-order valence-electron chi connectivity index (χ1n) is 6.88.